The molecule has 32 heavy (non-hydrogen) atoms. The van der Waals surface area contributed by atoms with Crippen molar-refractivity contribution in [2.75, 3.05) is 19.6 Å². The average Bonchev–Trinajstić information content (AvgIpc) is 3.01. The quantitative estimate of drug-likeness (QED) is 0.628. The van der Waals surface area contributed by atoms with E-state index in [-0.39, 0.29) is 17.5 Å². The third-order valence-corrected chi connectivity index (χ3v) is 7.11. The molecule has 0 radical (unpaired) electrons. The molecule has 1 amide bonds. The van der Waals surface area contributed by atoms with Crippen LogP contribution in [0.1, 0.15) is 57.1 Å². The average molecular weight is 440 g/mol. The summed E-state index contributed by atoms with van der Waals surface area (Å²) in [5.74, 6) is 0.626. The SMILES string of the molecule is CC1=NC(C)(c2ccc(F)cc2)C(=O)N1CC[C@H](C)N1CCC(c2ccc(F)cc2)CC1. The number of carbonyl (C=O) groups is 1. The van der Waals surface area contributed by atoms with E-state index in [1.807, 2.05) is 19.1 Å². The highest BCUT2D eigenvalue weighted by atomic mass is 19.1. The molecule has 0 spiro atoms. The summed E-state index contributed by atoms with van der Waals surface area (Å²) in [6.45, 7) is 8.49. The summed E-state index contributed by atoms with van der Waals surface area (Å²) in [5.41, 5.74) is 0.934. The number of likely N-dealkylation sites (tertiary alicyclic amines) is 1. The van der Waals surface area contributed by atoms with Crippen molar-refractivity contribution in [1.29, 1.82) is 0 Å². The lowest BCUT2D eigenvalue weighted by molar-refractivity contribution is -0.131. The Bertz CT molecular complexity index is 981. The maximum atomic E-state index is 13.3. The van der Waals surface area contributed by atoms with E-state index in [1.165, 1.54) is 17.7 Å². The molecule has 1 fully saturated rings. The van der Waals surface area contributed by atoms with Crippen LogP contribution in [0.15, 0.2) is 53.5 Å². The van der Waals surface area contributed by atoms with Crippen LogP contribution in [0.5, 0.6) is 0 Å². The Morgan fingerprint density at radius 3 is 2.19 bits per heavy atom. The van der Waals surface area contributed by atoms with Gasteiger partial charge >= 0.3 is 0 Å². The fourth-order valence-corrected chi connectivity index (χ4v) is 4.97. The summed E-state index contributed by atoms with van der Waals surface area (Å²) in [7, 11) is 0. The number of hydrogen-bond donors (Lipinski definition) is 0. The van der Waals surface area contributed by atoms with Crippen LogP contribution in [0, 0.1) is 11.6 Å². The first-order valence-corrected chi connectivity index (χ1v) is 11.4. The van der Waals surface area contributed by atoms with Crippen LogP contribution in [0.3, 0.4) is 0 Å². The summed E-state index contributed by atoms with van der Waals surface area (Å²) >= 11 is 0. The van der Waals surface area contributed by atoms with Crippen molar-refractivity contribution in [2.24, 2.45) is 4.99 Å². The lowest BCUT2D eigenvalue weighted by atomic mass is 9.89. The monoisotopic (exact) mass is 439 g/mol. The van der Waals surface area contributed by atoms with Gasteiger partial charge in [-0.15, -0.1) is 0 Å². The normalized spacial score (nSPS) is 23.5. The minimum Gasteiger partial charge on any atom is -0.301 e. The third kappa shape index (κ3) is 4.46. The molecular formula is C26H31F2N3O. The summed E-state index contributed by atoms with van der Waals surface area (Å²) in [4.78, 5) is 22.1. The molecule has 2 aromatic carbocycles. The van der Waals surface area contributed by atoms with Gasteiger partial charge in [0.05, 0.1) is 0 Å². The lowest BCUT2D eigenvalue weighted by Crippen LogP contribution is -2.43. The predicted octanol–water partition coefficient (Wildman–Crippen LogP) is 5.10. The van der Waals surface area contributed by atoms with Crippen LogP contribution >= 0.6 is 0 Å². The molecule has 0 bridgehead atoms. The second kappa shape index (κ2) is 9.10. The number of amidine groups is 1. The Morgan fingerprint density at radius 2 is 1.59 bits per heavy atom. The number of piperidine rings is 1. The van der Waals surface area contributed by atoms with E-state index in [1.54, 1.807) is 36.1 Å². The van der Waals surface area contributed by atoms with E-state index in [4.69, 9.17) is 0 Å². The fourth-order valence-electron chi connectivity index (χ4n) is 4.97. The molecule has 1 unspecified atom stereocenters. The highest BCUT2D eigenvalue weighted by Crippen LogP contribution is 2.34. The standard InChI is InChI=1S/C26H31F2N3O/c1-18(30-15-13-21(14-16-30)20-4-8-23(27)9-5-20)12-17-31-19(2)29-26(3,25(31)32)22-6-10-24(28)11-7-22/h4-11,18,21H,12-17H2,1-3H3/t18-,26?/m0/s1. The van der Waals surface area contributed by atoms with Gasteiger partial charge in [0.25, 0.3) is 5.91 Å². The fraction of sp³-hybridized carbons (Fsp3) is 0.462. The number of aliphatic imine (C=N–C) groups is 1. The van der Waals surface area contributed by atoms with Crippen LogP contribution in [-0.2, 0) is 10.3 Å². The smallest absolute Gasteiger partial charge is 0.260 e. The number of benzene rings is 2. The second-order valence-corrected chi connectivity index (χ2v) is 9.19. The molecule has 0 saturated carbocycles. The number of halogens is 2. The first-order valence-electron chi connectivity index (χ1n) is 11.4. The molecule has 2 heterocycles. The van der Waals surface area contributed by atoms with Gasteiger partial charge in [0, 0.05) is 12.6 Å². The lowest BCUT2D eigenvalue weighted by Gasteiger charge is -2.37. The van der Waals surface area contributed by atoms with Gasteiger partial charge in [0.15, 0.2) is 5.54 Å². The Kier molecular flexibility index (Phi) is 6.42. The minimum atomic E-state index is -0.992. The minimum absolute atomic E-state index is 0.0520. The van der Waals surface area contributed by atoms with Crippen LogP contribution in [0.2, 0.25) is 0 Å². The summed E-state index contributed by atoms with van der Waals surface area (Å²) in [5, 5.41) is 0. The second-order valence-electron chi connectivity index (χ2n) is 9.19. The first kappa shape index (κ1) is 22.6. The van der Waals surface area contributed by atoms with E-state index in [0.29, 0.717) is 29.9 Å². The van der Waals surface area contributed by atoms with Gasteiger partial charge in [-0.3, -0.25) is 14.7 Å². The summed E-state index contributed by atoms with van der Waals surface area (Å²) < 4.78 is 26.5. The Labute approximate surface area is 188 Å². The van der Waals surface area contributed by atoms with Crippen molar-refractivity contribution < 1.29 is 13.6 Å². The van der Waals surface area contributed by atoms with Crippen molar-refractivity contribution in [3.8, 4) is 0 Å². The predicted molar refractivity (Wildman–Crippen MR) is 123 cm³/mol. The number of carbonyl (C=O) groups excluding carboxylic acids is 1. The maximum Gasteiger partial charge on any atom is 0.260 e. The van der Waals surface area contributed by atoms with Crippen molar-refractivity contribution >= 4 is 11.7 Å². The molecule has 2 atom stereocenters. The number of amides is 1. The summed E-state index contributed by atoms with van der Waals surface area (Å²) in [6.07, 6.45) is 2.97. The molecule has 0 aromatic heterocycles. The number of nitrogens with zero attached hydrogens (tertiary/aromatic N) is 3. The molecule has 4 rings (SSSR count). The van der Waals surface area contributed by atoms with Gasteiger partial charge in [-0.25, -0.2) is 8.78 Å². The van der Waals surface area contributed by atoms with E-state index >= 15 is 0 Å². The largest absolute Gasteiger partial charge is 0.301 e. The maximum absolute atomic E-state index is 13.3. The van der Waals surface area contributed by atoms with Crippen molar-refractivity contribution in [3.05, 3.63) is 71.3 Å². The Morgan fingerprint density at radius 1 is 1.03 bits per heavy atom. The van der Waals surface area contributed by atoms with Crippen molar-refractivity contribution in [3.63, 3.8) is 0 Å². The third-order valence-electron chi connectivity index (χ3n) is 7.11. The van der Waals surface area contributed by atoms with Crippen LogP contribution in [-0.4, -0.2) is 47.2 Å². The van der Waals surface area contributed by atoms with E-state index in [2.05, 4.69) is 16.8 Å². The molecule has 170 valence electrons. The molecule has 2 aromatic rings. The first-order chi connectivity index (χ1) is 15.3. The van der Waals surface area contributed by atoms with E-state index in [0.717, 1.165) is 32.4 Å². The van der Waals surface area contributed by atoms with Gasteiger partial charge in [-0.2, -0.15) is 0 Å². The van der Waals surface area contributed by atoms with Gasteiger partial charge < -0.3 is 4.90 Å². The molecule has 4 nitrogen and oxygen atoms in total. The van der Waals surface area contributed by atoms with Crippen LogP contribution in [0.4, 0.5) is 8.78 Å². The summed E-state index contributed by atoms with van der Waals surface area (Å²) in [6, 6.07) is 13.3. The molecule has 1 saturated heterocycles. The van der Waals surface area contributed by atoms with E-state index in [9.17, 15) is 13.6 Å². The molecule has 0 N–H and O–H groups in total. The highest BCUT2D eigenvalue weighted by Gasteiger charge is 2.44. The zero-order chi connectivity index (χ0) is 22.9. The Hall–Kier alpha value is -2.60. The van der Waals surface area contributed by atoms with E-state index < -0.39 is 5.54 Å². The van der Waals surface area contributed by atoms with Gasteiger partial charge in [-0.05, 0) is 94.4 Å². The number of rotatable bonds is 6. The van der Waals surface area contributed by atoms with Crippen molar-refractivity contribution in [1.82, 2.24) is 9.80 Å². The van der Waals surface area contributed by atoms with Crippen LogP contribution in [0.25, 0.3) is 0 Å². The zero-order valence-corrected chi connectivity index (χ0v) is 19.0. The molecule has 0 aliphatic carbocycles. The highest BCUT2D eigenvalue weighted by molar-refractivity contribution is 6.07. The zero-order valence-electron chi connectivity index (χ0n) is 19.0. The number of hydrogen-bond acceptors (Lipinski definition) is 3. The molecular weight excluding hydrogens is 408 g/mol. The van der Waals surface area contributed by atoms with Gasteiger partial charge in [0.1, 0.15) is 17.5 Å². The molecule has 2 aliphatic heterocycles. The molecule has 2 aliphatic rings. The Balaban J connectivity index is 1.32. The van der Waals surface area contributed by atoms with Crippen LogP contribution < -0.4 is 0 Å². The van der Waals surface area contributed by atoms with Crippen molar-refractivity contribution in [2.45, 2.75) is 57.5 Å². The topological polar surface area (TPSA) is 35.9 Å². The molecule has 6 heteroatoms. The van der Waals surface area contributed by atoms with Gasteiger partial charge in [0.2, 0.25) is 0 Å². The van der Waals surface area contributed by atoms with Gasteiger partial charge in [-0.1, -0.05) is 24.3 Å².